The number of hydrogen-bond acceptors (Lipinski definition) is 3. The normalized spacial score (nSPS) is 10.6. The molecule has 3 aromatic carbocycles. The van der Waals surface area contributed by atoms with E-state index in [2.05, 4.69) is 5.32 Å². The molecule has 0 bridgehead atoms. The van der Waals surface area contributed by atoms with Gasteiger partial charge in [-0.3, -0.25) is 9.59 Å². The predicted octanol–water partition coefficient (Wildman–Crippen LogP) is 4.18. The number of nitrogens with one attached hydrogen (secondary N) is 1. The Morgan fingerprint density at radius 3 is 1.96 bits per heavy atom. The van der Waals surface area contributed by atoms with E-state index in [0.717, 1.165) is 11.1 Å². The number of aromatic hydroxyl groups is 1. The Morgan fingerprint density at radius 1 is 0.857 bits per heavy atom. The molecule has 0 aliphatic rings. The zero-order valence-electron chi connectivity index (χ0n) is 15.2. The number of carbonyl (C=O) groups is 2. The van der Waals surface area contributed by atoms with Crippen LogP contribution >= 0.6 is 0 Å². The van der Waals surface area contributed by atoms with Crippen LogP contribution in [0.25, 0.3) is 0 Å². The Hall–Kier alpha value is -3.60. The Labute approximate surface area is 163 Å². The van der Waals surface area contributed by atoms with Crippen LogP contribution in [0.3, 0.4) is 0 Å². The third-order valence-electron chi connectivity index (χ3n) is 4.48. The number of amides is 1. The van der Waals surface area contributed by atoms with Crippen molar-refractivity contribution in [1.29, 1.82) is 0 Å². The highest BCUT2D eigenvalue weighted by atomic mass is 16.4. The summed E-state index contributed by atoms with van der Waals surface area (Å²) in [6.07, 6.45) is 0.0103. The third kappa shape index (κ3) is 4.98. The van der Waals surface area contributed by atoms with Crippen molar-refractivity contribution in [2.45, 2.75) is 18.8 Å². The van der Waals surface area contributed by atoms with Crippen LogP contribution in [0.15, 0.2) is 78.9 Å². The number of carboxylic acid groups (broad SMARTS) is 1. The maximum Gasteiger partial charge on any atom is 0.307 e. The predicted molar refractivity (Wildman–Crippen MR) is 107 cm³/mol. The number of phenolic OH excluding ortho intramolecular Hbond substituents is 1. The van der Waals surface area contributed by atoms with Crippen molar-refractivity contribution in [3.8, 4) is 5.75 Å². The first-order chi connectivity index (χ1) is 13.5. The minimum absolute atomic E-state index is 0.0986. The second-order valence-corrected chi connectivity index (χ2v) is 6.55. The molecule has 0 fully saturated rings. The molecule has 0 atom stereocenters. The summed E-state index contributed by atoms with van der Waals surface area (Å²) in [5.41, 5.74) is 2.76. The highest BCUT2D eigenvalue weighted by Gasteiger charge is 2.19. The SMILES string of the molecule is O=C(O)Cc1ccc(O)c(NC(=O)CC(c2ccccc2)c2ccccc2)c1. The minimum atomic E-state index is -0.976. The van der Waals surface area contributed by atoms with Crippen LogP contribution in [0.5, 0.6) is 5.75 Å². The van der Waals surface area contributed by atoms with Crippen molar-refractivity contribution in [2.24, 2.45) is 0 Å². The molecule has 5 heteroatoms. The Morgan fingerprint density at radius 2 is 1.43 bits per heavy atom. The Balaban J connectivity index is 1.81. The number of hydrogen-bond donors (Lipinski definition) is 3. The topological polar surface area (TPSA) is 86.6 Å². The van der Waals surface area contributed by atoms with Crippen LogP contribution in [0.2, 0.25) is 0 Å². The van der Waals surface area contributed by atoms with Crippen LogP contribution in [-0.2, 0) is 16.0 Å². The Kier molecular flexibility index (Phi) is 6.07. The van der Waals surface area contributed by atoms with Gasteiger partial charge >= 0.3 is 5.97 Å². The van der Waals surface area contributed by atoms with Crippen LogP contribution in [-0.4, -0.2) is 22.1 Å². The van der Waals surface area contributed by atoms with Crippen LogP contribution in [0.1, 0.15) is 29.0 Å². The molecule has 3 N–H and O–H groups in total. The van der Waals surface area contributed by atoms with Gasteiger partial charge in [0.15, 0.2) is 0 Å². The fraction of sp³-hybridized carbons (Fsp3) is 0.130. The lowest BCUT2D eigenvalue weighted by atomic mass is 9.88. The summed E-state index contributed by atoms with van der Waals surface area (Å²) >= 11 is 0. The maximum absolute atomic E-state index is 12.7. The summed E-state index contributed by atoms with van der Waals surface area (Å²) in [7, 11) is 0. The van der Waals surface area contributed by atoms with E-state index >= 15 is 0 Å². The molecule has 0 radical (unpaired) electrons. The lowest BCUT2D eigenvalue weighted by Gasteiger charge is -2.18. The van der Waals surface area contributed by atoms with Gasteiger partial charge in [0.05, 0.1) is 12.1 Å². The smallest absolute Gasteiger partial charge is 0.307 e. The average molecular weight is 375 g/mol. The van der Waals surface area contributed by atoms with Crippen molar-refractivity contribution in [1.82, 2.24) is 0 Å². The fourth-order valence-corrected chi connectivity index (χ4v) is 3.15. The molecule has 0 aliphatic carbocycles. The largest absolute Gasteiger partial charge is 0.506 e. The third-order valence-corrected chi connectivity index (χ3v) is 4.48. The van der Waals surface area contributed by atoms with Gasteiger partial charge in [-0.15, -0.1) is 0 Å². The Bertz CT molecular complexity index is 915. The van der Waals surface area contributed by atoms with Gasteiger partial charge in [0, 0.05) is 12.3 Å². The second kappa shape index (κ2) is 8.86. The van der Waals surface area contributed by atoms with Gasteiger partial charge in [0.1, 0.15) is 5.75 Å². The van der Waals surface area contributed by atoms with E-state index in [9.17, 15) is 14.7 Å². The van der Waals surface area contributed by atoms with Crippen molar-refractivity contribution in [3.63, 3.8) is 0 Å². The van der Waals surface area contributed by atoms with Gasteiger partial charge in [-0.2, -0.15) is 0 Å². The monoisotopic (exact) mass is 375 g/mol. The van der Waals surface area contributed by atoms with E-state index in [1.54, 1.807) is 0 Å². The second-order valence-electron chi connectivity index (χ2n) is 6.55. The highest BCUT2D eigenvalue weighted by molar-refractivity contribution is 5.93. The van der Waals surface area contributed by atoms with Crippen LogP contribution in [0.4, 0.5) is 5.69 Å². The summed E-state index contributed by atoms with van der Waals surface area (Å²) in [5, 5.41) is 21.7. The zero-order chi connectivity index (χ0) is 19.9. The zero-order valence-corrected chi connectivity index (χ0v) is 15.2. The van der Waals surface area contributed by atoms with Crippen molar-refractivity contribution < 1.29 is 19.8 Å². The average Bonchev–Trinajstić information content (AvgIpc) is 2.69. The van der Waals surface area contributed by atoms with Crippen molar-refractivity contribution in [3.05, 3.63) is 95.6 Å². The van der Waals surface area contributed by atoms with E-state index in [1.165, 1.54) is 18.2 Å². The van der Waals surface area contributed by atoms with E-state index < -0.39 is 5.97 Å². The van der Waals surface area contributed by atoms with Gasteiger partial charge < -0.3 is 15.5 Å². The molecule has 3 aromatic rings. The summed E-state index contributed by atoms with van der Waals surface area (Å²) in [6.45, 7) is 0. The lowest BCUT2D eigenvalue weighted by Crippen LogP contribution is -2.17. The number of anilines is 1. The molecule has 5 nitrogen and oxygen atoms in total. The van der Waals surface area contributed by atoms with Gasteiger partial charge in [0.2, 0.25) is 5.91 Å². The van der Waals surface area contributed by atoms with Crippen molar-refractivity contribution in [2.75, 3.05) is 5.32 Å². The summed E-state index contributed by atoms with van der Waals surface area (Å²) in [4.78, 5) is 23.6. The summed E-state index contributed by atoms with van der Waals surface area (Å²) in [6, 6.07) is 23.9. The van der Waals surface area contributed by atoms with Gasteiger partial charge in [-0.1, -0.05) is 66.7 Å². The summed E-state index contributed by atoms with van der Waals surface area (Å²) in [5.74, 6) is -1.47. The van der Waals surface area contributed by atoms with Crippen molar-refractivity contribution >= 4 is 17.6 Å². The first kappa shape index (κ1) is 19.2. The molecular weight excluding hydrogens is 354 g/mol. The van der Waals surface area contributed by atoms with Crippen LogP contribution < -0.4 is 5.32 Å². The number of rotatable bonds is 7. The van der Waals surface area contributed by atoms with E-state index in [-0.39, 0.29) is 36.1 Å². The molecule has 0 heterocycles. The molecule has 0 spiro atoms. The van der Waals surface area contributed by atoms with Crippen LogP contribution in [0, 0.1) is 0 Å². The molecule has 0 aliphatic heterocycles. The molecular formula is C23H21NO4. The summed E-state index contributed by atoms with van der Waals surface area (Å²) < 4.78 is 0. The standard InChI is InChI=1S/C23H21NO4/c25-21-12-11-16(14-23(27)28)13-20(21)24-22(26)15-19(17-7-3-1-4-8-17)18-9-5-2-6-10-18/h1-13,19,25H,14-15H2,(H,24,26)(H,27,28). The first-order valence-corrected chi connectivity index (χ1v) is 8.96. The molecule has 3 rings (SSSR count). The quantitative estimate of drug-likeness (QED) is 0.541. The molecule has 1 amide bonds. The number of aliphatic carboxylic acids is 1. The maximum atomic E-state index is 12.7. The molecule has 0 saturated heterocycles. The number of benzene rings is 3. The number of phenols is 1. The van der Waals surface area contributed by atoms with E-state index in [4.69, 9.17) is 5.11 Å². The van der Waals surface area contributed by atoms with Gasteiger partial charge in [0.25, 0.3) is 0 Å². The fourth-order valence-electron chi connectivity index (χ4n) is 3.15. The molecule has 0 unspecified atom stereocenters. The van der Waals surface area contributed by atoms with E-state index in [0.29, 0.717) is 5.56 Å². The number of carbonyl (C=O) groups excluding carboxylic acids is 1. The highest BCUT2D eigenvalue weighted by Crippen LogP contribution is 2.30. The van der Waals surface area contributed by atoms with Gasteiger partial charge in [-0.25, -0.2) is 0 Å². The lowest BCUT2D eigenvalue weighted by molar-refractivity contribution is -0.136. The molecule has 28 heavy (non-hydrogen) atoms. The molecule has 0 saturated carbocycles. The minimum Gasteiger partial charge on any atom is -0.506 e. The first-order valence-electron chi connectivity index (χ1n) is 8.96. The molecule has 0 aromatic heterocycles. The van der Waals surface area contributed by atoms with Gasteiger partial charge in [-0.05, 0) is 28.8 Å². The number of carboxylic acids is 1. The molecule has 142 valence electrons. The van der Waals surface area contributed by atoms with E-state index in [1.807, 2.05) is 60.7 Å².